The molecule has 9 aromatic rings. The second-order valence-electron chi connectivity index (χ2n) is 17.3. The van der Waals surface area contributed by atoms with E-state index in [4.69, 9.17) is 9.62 Å². The van der Waals surface area contributed by atoms with Crippen LogP contribution >= 0.6 is 0 Å². The van der Waals surface area contributed by atoms with Gasteiger partial charge in [0.1, 0.15) is 22.9 Å². The third-order valence-electron chi connectivity index (χ3n) is 13.5. The highest BCUT2D eigenvalue weighted by Gasteiger charge is 2.59. The van der Waals surface area contributed by atoms with Gasteiger partial charge in [0, 0.05) is 66.2 Å². The lowest BCUT2D eigenvalue weighted by atomic mass is 9.98. The Kier molecular flexibility index (Phi) is 8.71. The predicted molar refractivity (Wildman–Crippen MR) is 238 cm³/mol. The minimum absolute atomic E-state index is 0.0137. The molecule has 1 fully saturated rings. The first-order valence-corrected chi connectivity index (χ1v) is 21.4. The van der Waals surface area contributed by atoms with Crippen LogP contribution in [0, 0.1) is 32.5 Å². The zero-order chi connectivity index (χ0) is 44.3. The molecule has 1 aliphatic heterocycles. The van der Waals surface area contributed by atoms with E-state index in [-0.39, 0.29) is 29.9 Å². The SMILES string of the molecule is CCc1nccc(-c2ccc3c(c2)cc(C(=O)N2CCc4nn(-c5cc(C)c(F)c(C)c5)c(-n5ccn(-c6ccc7c(cnn7C)c6)c5=O)c4C2)n3[C@@]2(c3noc(=O)[nH]3)C[C@@H]2C)c1C. The van der Waals surface area contributed by atoms with Gasteiger partial charge in [-0.05, 0) is 122 Å². The van der Waals surface area contributed by atoms with E-state index < -0.39 is 11.3 Å². The molecule has 6 aromatic heterocycles. The van der Waals surface area contributed by atoms with E-state index in [0.29, 0.717) is 64.8 Å². The van der Waals surface area contributed by atoms with Gasteiger partial charge >= 0.3 is 11.4 Å². The van der Waals surface area contributed by atoms with E-state index in [9.17, 15) is 9.59 Å². The van der Waals surface area contributed by atoms with Crippen LogP contribution in [0.5, 0.6) is 0 Å². The molecule has 64 heavy (non-hydrogen) atoms. The van der Waals surface area contributed by atoms with E-state index >= 15 is 9.18 Å². The number of fused-ring (bicyclic) bond motifs is 3. The lowest BCUT2D eigenvalue weighted by Crippen LogP contribution is -2.39. The van der Waals surface area contributed by atoms with Crippen molar-refractivity contribution in [3.63, 3.8) is 0 Å². The monoisotopic (exact) mass is 857 g/mol. The van der Waals surface area contributed by atoms with Crippen LogP contribution in [0.25, 0.3) is 50.1 Å². The normalized spacial score (nSPS) is 17.2. The number of carbonyl (C=O) groups is 1. The Labute approximate surface area is 365 Å². The number of hydrogen-bond donors (Lipinski definition) is 1. The van der Waals surface area contributed by atoms with Gasteiger partial charge in [-0.15, -0.1) is 0 Å². The zero-order valence-corrected chi connectivity index (χ0v) is 36.2. The molecule has 322 valence electrons. The number of benzene rings is 3. The number of imidazole rings is 1. The van der Waals surface area contributed by atoms with Crippen molar-refractivity contribution in [2.75, 3.05) is 6.54 Å². The number of halogens is 1. The van der Waals surface area contributed by atoms with Crippen molar-refractivity contribution < 1.29 is 13.7 Å². The highest BCUT2D eigenvalue weighted by atomic mass is 19.1. The summed E-state index contributed by atoms with van der Waals surface area (Å²) in [5, 5.41) is 15.3. The Hall–Kier alpha value is -7.62. The summed E-state index contributed by atoms with van der Waals surface area (Å²) in [7, 11) is 1.87. The molecule has 1 amide bonds. The van der Waals surface area contributed by atoms with Gasteiger partial charge in [-0.25, -0.2) is 18.7 Å². The number of pyridine rings is 1. The topological polar surface area (TPSA) is 160 Å². The second-order valence-corrected chi connectivity index (χ2v) is 17.3. The Bertz CT molecular complexity index is 3500. The maximum Gasteiger partial charge on any atom is 0.438 e. The summed E-state index contributed by atoms with van der Waals surface area (Å²) < 4.78 is 28.7. The Balaban J connectivity index is 1.05. The van der Waals surface area contributed by atoms with E-state index in [0.717, 1.165) is 56.3 Å². The van der Waals surface area contributed by atoms with Gasteiger partial charge < -0.3 is 9.47 Å². The Morgan fingerprint density at radius 1 is 0.953 bits per heavy atom. The Morgan fingerprint density at radius 2 is 1.72 bits per heavy atom. The largest absolute Gasteiger partial charge is 0.438 e. The Morgan fingerprint density at radius 3 is 2.45 bits per heavy atom. The maximum absolute atomic E-state index is 15.4. The fraction of sp³-hybridized carbons (Fsp3) is 0.271. The predicted octanol–water partition coefficient (Wildman–Crippen LogP) is 7.00. The average Bonchev–Trinajstić information content (AvgIpc) is 3.91. The van der Waals surface area contributed by atoms with Crippen LogP contribution in [-0.4, -0.2) is 65.7 Å². The molecule has 11 rings (SSSR count). The van der Waals surface area contributed by atoms with E-state index in [1.807, 2.05) is 54.2 Å². The number of rotatable bonds is 8. The molecule has 2 atom stereocenters. The molecule has 0 spiro atoms. The van der Waals surface area contributed by atoms with Crippen molar-refractivity contribution >= 4 is 27.7 Å². The van der Waals surface area contributed by atoms with Gasteiger partial charge in [0.15, 0.2) is 5.82 Å². The molecule has 15 nitrogen and oxygen atoms in total. The fourth-order valence-corrected chi connectivity index (χ4v) is 9.99. The van der Waals surface area contributed by atoms with Crippen molar-refractivity contribution in [1.29, 1.82) is 0 Å². The summed E-state index contributed by atoms with van der Waals surface area (Å²) in [6.07, 6.45) is 8.83. The number of carbonyl (C=O) groups excluding carboxylic acids is 1. The number of nitrogens with one attached hydrogen (secondary N) is 1. The smallest absolute Gasteiger partial charge is 0.332 e. The summed E-state index contributed by atoms with van der Waals surface area (Å²) in [5.41, 5.74) is 8.73. The molecule has 0 radical (unpaired) electrons. The minimum Gasteiger partial charge on any atom is -0.332 e. The van der Waals surface area contributed by atoms with Crippen LogP contribution < -0.4 is 11.4 Å². The summed E-state index contributed by atoms with van der Waals surface area (Å²) >= 11 is 0. The number of amides is 1. The molecule has 3 aromatic carbocycles. The van der Waals surface area contributed by atoms with Gasteiger partial charge in [0.2, 0.25) is 0 Å². The summed E-state index contributed by atoms with van der Waals surface area (Å²) in [6, 6.07) is 19.3. The lowest BCUT2D eigenvalue weighted by molar-refractivity contribution is 0.0721. The standard InChI is InChI=1S/C48H44FN11O4/c1-7-37-29(5)35(12-14-50-37)30-8-10-40-31(20-30)22-41(59(40)48(23-28(48)4)45-52-46(62)64-54-45)44(61)56-15-13-38-36(25-56)43(60(53-38)34-18-26(2)42(49)27(3)19-34)58-17-16-57(47(58)63)33-9-11-39-32(21-33)24-51-55(39)6/h8-12,14,16-22,24,28H,7,13,15,23,25H2,1-6H3,(H,52,54,62)/t28-,48-/m0/s1. The van der Waals surface area contributed by atoms with E-state index in [1.54, 1.807) is 68.0 Å². The third-order valence-corrected chi connectivity index (χ3v) is 13.5. The van der Waals surface area contributed by atoms with Crippen LogP contribution in [-0.2, 0) is 32.0 Å². The van der Waals surface area contributed by atoms with E-state index in [2.05, 4.69) is 53.1 Å². The third kappa shape index (κ3) is 5.80. The second kappa shape index (κ2) is 14.2. The first kappa shape index (κ1) is 39.2. The average molecular weight is 858 g/mol. The van der Waals surface area contributed by atoms with Crippen molar-refractivity contribution in [2.45, 2.75) is 66.0 Å². The van der Waals surface area contributed by atoms with Crippen molar-refractivity contribution in [3.8, 4) is 28.3 Å². The number of aromatic amines is 1. The van der Waals surface area contributed by atoms with Crippen molar-refractivity contribution in [3.05, 3.63) is 157 Å². The van der Waals surface area contributed by atoms with Crippen LogP contribution in [0.3, 0.4) is 0 Å². The van der Waals surface area contributed by atoms with Crippen LogP contribution in [0.1, 0.15) is 70.2 Å². The molecule has 0 bridgehead atoms. The maximum atomic E-state index is 15.4. The van der Waals surface area contributed by atoms with Gasteiger partial charge in [-0.1, -0.05) is 25.1 Å². The first-order chi connectivity index (χ1) is 30.9. The summed E-state index contributed by atoms with van der Waals surface area (Å²) in [6.45, 7) is 10.1. The lowest BCUT2D eigenvalue weighted by Gasteiger charge is -2.29. The molecule has 0 unspecified atom stereocenters. The zero-order valence-electron chi connectivity index (χ0n) is 36.2. The van der Waals surface area contributed by atoms with Crippen molar-refractivity contribution in [1.82, 2.24) is 53.3 Å². The first-order valence-electron chi connectivity index (χ1n) is 21.4. The molecule has 16 heteroatoms. The molecule has 1 N–H and O–H groups in total. The highest BCUT2D eigenvalue weighted by molar-refractivity contribution is 6.00. The van der Waals surface area contributed by atoms with Crippen LogP contribution in [0.2, 0.25) is 0 Å². The van der Waals surface area contributed by atoms with Crippen LogP contribution in [0.15, 0.2) is 99.6 Å². The molecular formula is C48H44FN11O4. The van der Waals surface area contributed by atoms with Gasteiger partial charge in [-0.3, -0.25) is 33.1 Å². The minimum atomic E-state index is -0.841. The number of hydrogen-bond acceptors (Lipinski definition) is 8. The quantitative estimate of drug-likeness (QED) is 0.171. The highest BCUT2D eigenvalue weighted by Crippen LogP contribution is 2.56. The summed E-state index contributed by atoms with van der Waals surface area (Å²) in [4.78, 5) is 51.5. The van der Waals surface area contributed by atoms with E-state index in [1.165, 1.54) is 0 Å². The molecule has 0 saturated heterocycles. The number of aryl methyl sites for hydroxylation is 4. The number of H-pyrrole nitrogens is 1. The van der Waals surface area contributed by atoms with Gasteiger partial charge in [-0.2, -0.15) is 10.2 Å². The van der Waals surface area contributed by atoms with Crippen LogP contribution in [0.4, 0.5) is 4.39 Å². The fourth-order valence-electron chi connectivity index (χ4n) is 9.99. The molecule has 1 saturated carbocycles. The molecule has 2 aliphatic rings. The summed E-state index contributed by atoms with van der Waals surface area (Å²) in [5.74, 6) is -0.376. The van der Waals surface area contributed by atoms with Crippen molar-refractivity contribution in [2.24, 2.45) is 13.0 Å². The van der Waals surface area contributed by atoms with Gasteiger partial charge in [0.25, 0.3) is 5.91 Å². The number of nitrogens with zero attached hydrogens (tertiary/aromatic N) is 10. The molecular weight excluding hydrogens is 814 g/mol. The number of aromatic nitrogens is 10. The molecule has 1 aliphatic carbocycles. The molecule has 7 heterocycles. The van der Waals surface area contributed by atoms with Gasteiger partial charge in [0.05, 0.1) is 35.3 Å².